The summed E-state index contributed by atoms with van der Waals surface area (Å²) in [6.45, 7) is 0.484. The predicted octanol–water partition coefficient (Wildman–Crippen LogP) is 4.93. The first-order valence-corrected chi connectivity index (χ1v) is 12.1. The standard InChI is InChI=1S/C27H24F3N7O3/c1-40-21-13-20(8-10-32-21)33-25-22(24(31)38)23(35-36-25)15-3-6-19(7-4-15)34-26(39)37-11-9-16-12-18(27(28,29)30)5-2-17(16)14-37/h2-8,10,12-13H,9,11,14H2,1H3,(H2,31,38)(H,34,39)(H2,32,33,35,36). The molecule has 206 valence electrons. The van der Waals surface area contributed by atoms with Crippen LogP contribution in [0.25, 0.3) is 11.3 Å². The number of carbonyl (C=O) groups is 2. The molecule has 1 aliphatic rings. The minimum absolute atomic E-state index is 0.147. The SMILES string of the molecule is COc1cc(Nc2[nH]nc(-c3ccc(NC(=O)N4CCc5cc(C(F)(F)F)ccc5C4)cc3)c2C(N)=O)ccn1. The second-order valence-corrected chi connectivity index (χ2v) is 9.06. The summed E-state index contributed by atoms with van der Waals surface area (Å²) < 4.78 is 44.1. The summed E-state index contributed by atoms with van der Waals surface area (Å²) in [5.41, 5.74) is 8.36. The van der Waals surface area contributed by atoms with Crippen molar-refractivity contribution in [3.63, 3.8) is 0 Å². The molecule has 13 heteroatoms. The molecule has 0 spiro atoms. The largest absolute Gasteiger partial charge is 0.481 e. The van der Waals surface area contributed by atoms with Crippen LogP contribution in [0.15, 0.2) is 60.8 Å². The Hall–Kier alpha value is -5.07. The molecule has 5 N–H and O–H groups in total. The molecule has 0 radical (unpaired) electrons. The van der Waals surface area contributed by atoms with Crippen molar-refractivity contribution < 1.29 is 27.5 Å². The number of rotatable bonds is 6. The number of carbonyl (C=O) groups excluding carboxylic acids is 2. The van der Waals surface area contributed by atoms with E-state index in [0.717, 1.165) is 12.1 Å². The maximum absolute atomic E-state index is 13.0. The van der Waals surface area contributed by atoms with E-state index in [-0.39, 0.29) is 24.7 Å². The van der Waals surface area contributed by atoms with Crippen molar-refractivity contribution in [1.82, 2.24) is 20.1 Å². The lowest BCUT2D eigenvalue weighted by Crippen LogP contribution is -2.39. The summed E-state index contributed by atoms with van der Waals surface area (Å²) in [7, 11) is 1.49. The van der Waals surface area contributed by atoms with Gasteiger partial charge < -0.3 is 26.0 Å². The number of pyridine rings is 1. The van der Waals surface area contributed by atoms with E-state index in [4.69, 9.17) is 10.5 Å². The molecule has 2 aromatic carbocycles. The monoisotopic (exact) mass is 551 g/mol. The van der Waals surface area contributed by atoms with Gasteiger partial charge >= 0.3 is 12.2 Å². The number of urea groups is 1. The first kappa shape index (κ1) is 26.5. The number of primary amides is 1. The zero-order chi connectivity index (χ0) is 28.4. The van der Waals surface area contributed by atoms with Crippen LogP contribution in [0.1, 0.15) is 27.0 Å². The number of alkyl halides is 3. The number of H-pyrrole nitrogens is 1. The molecule has 0 fully saturated rings. The summed E-state index contributed by atoms with van der Waals surface area (Å²) in [5.74, 6) is -0.0226. The van der Waals surface area contributed by atoms with E-state index < -0.39 is 17.6 Å². The van der Waals surface area contributed by atoms with Crippen molar-refractivity contribution >= 4 is 29.1 Å². The number of anilines is 3. The van der Waals surface area contributed by atoms with Gasteiger partial charge in [0.15, 0.2) is 0 Å². The molecule has 2 aromatic heterocycles. The van der Waals surface area contributed by atoms with Crippen molar-refractivity contribution in [2.24, 2.45) is 5.73 Å². The number of halogens is 3. The minimum atomic E-state index is -4.41. The molecule has 3 amide bonds. The minimum Gasteiger partial charge on any atom is -0.481 e. The Morgan fingerprint density at radius 3 is 2.52 bits per heavy atom. The van der Waals surface area contributed by atoms with Crippen molar-refractivity contribution in [1.29, 1.82) is 0 Å². The Bertz CT molecular complexity index is 1570. The van der Waals surface area contributed by atoms with Gasteiger partial charge in [0.2, 0.25) is 5.88 Å². The van der Waals surface area contributed by atoms with Crippen molar-refractivity contribution in [2.45, 2.75) is 19.1 Å². The van der Waals surface area contributed by atoms with Crippen LogP contribution in [0.2, 0.25) is 0 Å². The van der Waals surface area contributed by atoms with Gasteiger partial charge in [0.1, 0.15) is 17.1 Å². The van der Waals surface area contributed by atoms with E-state index in [0.29, 0.717) is 51.9 Å². The van der Waals surface area contributed by atoms with Crippen LogP contribution in [-0.4, -0.2) is 45.7 Å². The molecule has 5 rings (SSSR count). The third kappa shape index (κ3) is 5.53. The fourth-order valence-corrected chi connectivity index (χ4v) is 4.44. The first-order chi connectivity index (χ1) is 19.1. The molecule has 0 saturated heterocycles. The molecule has 1 aliphatic heterocycles. The summed E-state index contributed by atoms with van der Waals surface area (Å²) in [5, 5.41) is 12.9. The lowest BCUT2D eigenvalue weighted by atomic mass is 9.97. The molecular weight excluding hydrogens is 527 g/mol. The number of fused-ring (bicyclic) bond motifs is 1. The average molecular weight is 552 g/mol. The molecule has 4 aromatic rings. The fourth-order valence-electron chi connectivity index (χ4n) is 4.44. The summed E-state index contributed by atoms with van der Waals surface area (Å²) in [6, 6.07) is 13.2. The number of nitrogens with zero attached hydrogens (tertiary/aromatic N) is 3. The maximum atomic E-state index is 13.0. The van der Waals surface area contributed by atoms with Gasteiger partial charge in [0.05, 0.1) is 12.7 Å². The van der Waals surface area contributed by atoms with Gasteiger partial charge in [-0.3, -0.25) is 9.89 Å². The summed E-state index contributed by atoms with van der Waals surface area (Å²) >= 11 is 0. The second-order valence-electron chi connectivity index (χ2n) is 9.06. The Morgan fingerprint density at radius 1 is 1.05 bits per heavy atom. The van der Waals surface area contributed by atoms with Crippen molar-refractivity contribution in [2.75, 3.05) is 24.3 Å². The molecular formula is C27H24F3N7O3. The third-order valence-electron chi connectivity index (χ3n) is 6.47. The van der Waals surface area contributed by atoms with Gasteiger partial charge in [0.25, 0.3) is 5.91 Å². The molecule has 10 nitrogen and oxygen atoms in total. The normalized spacial score (nSPS) is 12.9. The first-order valence-electron chi connectivity index (χ1n) is 12.1. The van der Waals surface area contributed by atoms with Gasteiger partial charge in [-0.25, -0.2) is 9.78 Å². The van der Waals surface area contributed by atoms with E-state index >= 15 is 0 Å². The molecule has 0 bridgehead atoms. The van der Waals surface area contributed by atoms with Gasteiger partial charge in [-0.2, -0.15) is 18.3 Å². The highest BCUT2D eigenvalue weighted by Gasteiger charge is 2.32. The van der Waals surface area contributed by atoms with Crippen LogP contribution in [0.5, 0.6) is 5.88 Å². The Balaban J connectivity index is 1.28. The number of ether oxygens (including phenoxy) is 1. The van der Waals surface area contributed by atoms with Gasteiger partial charge in [-0.1, -0.05) is 18.2 Å². The van der Waals surface area contributed by atoms with Crippen LogP contribution < -0.4 is 21.1 Å². The van der Waals surface area contributed by atoms with E-state index in [2.05, 4.69) is 25.8 Å². The van der Waals surface area contributed by atoms with Gasteiger partial charge in [-0.05, 0) is 47.9 Å². The second kappa shape index (κ2) is 10.6. The molecule has 0 saturated carbocycles. The van der Waals surface area contributed by atoms with E-state index in [1.165, 1.54) is 18.1 Å². The Labute approximate surface area is 226 Å². The summed E-state index contributed by atoms with van der Waals surface area (Å²) in [6.07, 6.45) is -2.54. The number of hydrogen-bond donors (Lipinski definition) is 4. The third-order valence-corrected chi connectivity index (χ3v) is 6.47. The number of nitrogens with one attached hydrogen (secondary N) is 3. The Kier molecular flexibility index (Phi) is 7.03. The average Bonchev–Trinajstić information content (AvgIpc) is 3.36. The molecule has 0 unspecified atom stereocenters. The molecule has 0 aliphatic carbocycles. The lowest BCUT2D eigenvalue weighted by Gasteiger charge is -2.29. The maximum Gasteiger partial charge on any atom is 0.416 e. The quantitative estimate of drug-likeness (QED) is 0.268. The smallest absolute Gasteiger partial charge is 0.416 e. The fraction of sp³-hybridized carbons (Fsp3) is 0.185. The molecule has 0 atom stereocenters. The number of aromatic nitrogens is 3. The Morgan fingerprint density at radius 2 is 1.82 bits per heavy atom. The van der Waals surface area contributed by atoms with Gasteiger partial charge in [0, 0.05) is 42.3 Å². The zero-order valence-corrected chi connectivity index (χ0v) is 21.2. The summed E-state index contributed by atoms with van der Waals surface area (Å²) in [4.78, 5) is 30.7. The number of hydrogen-bond acceptors (Lipinski definition) is 6. The highest BCUT2D eigenvalue weighted by Crippen LogP contribution is 2.33. The highest BCUT2D eigenvalue weighted by molar-refractivity contribution is 6.04. The van der Waals surface area contributed by atoms with Crippen LogP contribution in [-0.2, 0) is 19.1 Å². The lowest BCUT2D eigenvalue weighted by molar-refractivity contribution is -0.137. The van der Waals surface area contributed by atoms with Crippen LogP contribution in [0, 0.1) is 0 Å². The number of benzene rings is 2. The van der Waals surface area contributed by atoms with Crippen LogP contribution in [0.3, 0.4) is 0 Å². The highest BCUT2D eigenvalue weighted by atomic mass is 19.4. The number of amides is 3. The van der Waals surface area contributed by atoms with Crippen molar-refractivity contribution in [3.8, 4) is 17.1 Å². The predicted molar refractivity (Wildman–Crippen MR) is 141 cm³/mol. The molecule has 3 heterocycles. The number of methoxy groups -OCH3 is 1. The van der Waals surface area contributed by atoms with Crippen LogP contribution in [0.4, 0.5) is 35.2 Å². The zero-order valence-electron chi connectivity index (χ0n) is 21.2. The number of nitrogens with two attached hydrogens (primary N) is 1. The van der Waals surface area contributed by atoms with Gasteiger partial charge in [-0.15, -0.1) is 0 Å². The molecule has 40 heavy (non-hydrogen) atoms. The van der Waals surface area contributed by atoms with E-state index in [9.17, 15) is 22.8 Å². The number of aromatic amines is 1. The topological polar surface area (TPSA) is 138 Å². The van der Waals surface area contributed by atoms with E-state index in [1.54, 1.807) is 42.6 Å². The van der Waals surface area contributed by atoms with E-state index in [1.807, 2.05) is 0 Å². The van der Waals surface area contributed by atoms with Crippen molar-refractivity contribution in [3.05, 3.63) is 83.0 Å². The van der Waals surface area contributed by atoms with Crippen LogP contribution >= 0.6 is 0 Å².